The molecule has 2 heterocycles. The zero-order chi connectivity index (χ0) is 13.8. The molecule has 3 nitrogen and oxygen atoms in total. The number of hydrogen-bond acceptors (Lipinski definition) is 3. The van der Waals surface area contributed by atoms with Crippen LogP contribution in [0.25, 0.3) is 0 Å². The van der Waals surface area contributed by atoms with Crippen LogP contribution < -0.4 is 5.32 Å². The zero-order valence-corrected chi connectivity index (χ0v) is 12.8. The Kier molecular flexibility index (Phi) is 5.06. The molecule has 1 N–H and O–H groups in total. The maximum Gasteiger partial charge on any atom is 0.121 e. The first kappa shape index (κ1) is 14.6. The van der Waals surface area contributed by atoms with Crippen molar-refractivity contribution in [2.75, 3.05) is 13.1 Å². The molecule has 0 aliphatic carbocycles. The number of furan rings is 1. The van der Waals surface area contributed by atoms with Crippen LogP contribution in [-0.4, -0.2) is 30.1 Å². The van der Waals surface area contributed by atoms with E-state index in [1.807, 2.05) is 6.92 Å². The van der Waals surface area contributed by atoms with Gasteiger partial charge in [0.1, 0.15) is 11.5 Å². The van der Waals surface area contributed by atoms with Crippen LogP contribution in [0, 0.1) is 6.92 Å². The van der Waals surface area contributed by atoms with Crippen LogP contribution in [0.2, 0.25) is 0 Å². The van der Waals surface area contributed by atoms with E-state index in [2.05, 4.69) is 43.1 Å². The molecule has 0 saturated carbocycles. The van der Waals surface area contributed by atoms with Gasteiger partial charge in [0.25, 0.3) is 0 Å². The van der Waals surface area contributed by atoms with Gasteiger partial charge in [0.05, 0.1) is 6.04 Å². The fourth-order valence-electron chi connectivity index (χ4n) is 2.93. The van der Waals surface area contributed by atoms with Crippen molar-refractivity contribution < 1.29 is 4.42 Å². The minimum absolute atomic E-state index is 0.386. The standard InChI is InChI=1S/C16H28N2O/c1-5-15-9-11-18(10-8-12(2)17-15)14(4)16-7-6-13(3)19-16/h6-7,12,14-15,17H,5,8-11H2,1-4H3. The number of rotatable bonds is 3. The predicted octanol–water partition coefficient (Wildman–Crippen LogP) is 3.50. The summed E-state index contributed by atoms with van der Waals surface area (Å²) in [6.45, 7) is 11.1. The molecule has 108 valence electrons. The molecule has 0 bridgehead atoms. The lowest BCUT2D eigenvalue weighted by atomic mass is 10.0. The quantitative estimate of drug-likeness (QED) is 0.905. The number of hydrogen-bond donors (Lipinski definition) is 1. The Labute approximate surface area is 117 Å². The summed E-state index contributed by atoms with van der Waals surface area (Å²) in [7, 11) is 0. The highest BCUT2D eigenvalue weighted by Crippen LogP contribution is 2.24. The van der Waals surface area contributed by atoms with Crippen molar-refractivity contribution in [3.8, 4) is 0 Å². The minimum Gasteiger partial charge on any atom is -0.465 e. The first-order chi connectivity index (χ1) is 9.10. The molecule has 1 saturated heterocycles. The Morgan fingerprint density at radius 3 is 2.74 bits per heavy atom. The van der Waals surface area contributed by atoms with Crippen molar-refractivity contribution in [1.29, 1.82) is 0 Å². The molecule has 1 fully saturated rings. The predicted molar refractivity (Wildman–Crippen MR) is 79.3 cm³/mol. The number of nitrogens with one attached hydrogen (secondary N) is 1. The highest BCUT2D eigenvalue weighted by Gasteiger charge is 2.23. The Bertz CT molecular complexity index is 388. The highest BCUT2D eigenvalue weighted by atomic mass is 16.3. The van der Waals surface area contributed by atoms with Gasteiger partial charge >= 0.3 is 0 Å². The van der Waals surface area contributed by atoms with E-state index in [4.69, 9.17) is 4.42 Å². The Balaban J connectivity index is 2.01. The molecule has 3 atom stereocenters. The lowest BCUT2D eigenvalue weighted by molar-refractivity contribution is 0.152. The van der Waals surface area contributed by atoms with E-state index in [9.17, 15) is 0 Å². The summed E-state index contributed by atoms with van der Waals surface area (Å²) in [6.07, 6.45) is 3.65. The molecular weight excluding hydrogens is 236 g/mol. The van der Waals surface area contributed by atoms with E-state index in [1.165, 1.54) is 19.3 Å². The van der Waals surface area contributed by atoms with Crippen LogP contribution in [0.3, 0.4) is 0 Å². The molecule has 1 aromatic heterocycles. The molecule has 2 rings (SSSR count). The van der Waals surface area contributed by atoms with Crippen molar-refractivity contribution in [1.82, 2.24) is 10.2 Å². The molecule has 19 heavy (non-hydrogen) atoms. The van der Waals surface area contributed by atoms with Gasteiger partial charge < -0.3 is 9.73 Å². The van der Waals surface area contributed by atoms with Crippen LogP contribution in [-0.2, 0) is 0 Å². The van der Waals surface area contributed by atoms with Gasteiger partial charge in [-0.3, -0.25) is 4.90 Å². The summed E-state index contributed by atoms with van der Waals surface area (Å²) in [5.41, 5.74) is 0. The average molecular weight is 264 g/mol. The summed E-state index contributed by atoms with van der Waals surface area (Å²) < 4.78 is 5.79. The van der Waals surface area contributed by atoms with Crippen molar-refractivity contribution >= 4 is 0 Å². The van der Waals surface area contributed by atoms with Crippen LogP contribution in [0.15, 0.2) is 16.5 Å². The van der Waals surface area contributed by atoms with E-state index < -0.39 is 0 Å². The Morgan fingerprint density at radius 1 is 1.37 bits per heavy atom. The molecule has 0 amide bonds. The minimum atomic E-state index is 0.386. The van der Waals surface area contributed by atoms with E-state index >= 15 is 0 Å². The molecule has 3 heteroatoms. The molecule has 1 aromatic rings. The number of aryl methyl sites for hydroxylation is 1. The smallest absolute Gasteiger partial charge is 0.121 e. The van der Waals surface area contributed by atoms with Gasteiger partial charge in [-0.1, -0.05) is 6.92 Å². The van der Waals surface area contributed by atoms with E-state index in [1.54, 1.807) is 0 Å². The fourth-order valence-corrected chi connectivity index (χ4v) is 2.93. The second-order valence-corrected chi connectivity index (χ2v) is 5.91. The van der Waals surface area contributed by atoms with Crippen molar-refractivity contribution in [3.05, 3.63) is 23.7 Å². The van der Waals surface area contributed by atoms with Crippen LogP contribution in [0.1, 0.15) is 57.6 Å². The highest BCUT2D eigenvalue weighted by molar-refractivity contribution is 5.09. The van der Waals surface area contributed by atoms with Gasteiger partial charge in [-0.2, -0.15) is 0 Å². The molecule has 0 spiro atoms. The third-order valence-corrected chi connectivity index (χ3v) is 4.35. The SMILES string of the molecule is CCC1CCN(C(C)c2ccc(C)o2)CCC(C)N1. The van der Waals surface area contributed by atoms with Crippen molar-refractivity contribution in [2.24, 2.45) is 0 Å². The summed E-state index contributed by atoms with van der Waals surface area (Å²) in [5.74, 6) is 2.11. The lowest BCUT2D eigenvalue weighted by Gasteiger charge is -2.34. The summed E-state index contributed by atoms with van der Waals surface area (Å²) >= 11 is 0. The van der Waals surface area contributed by atoms with Crippen LogP contribution in [0.5, 0.6) is 0 Å². The summed E-state index contributed by atoms with van der Waals surface area (Å²) in [5, 5.41) is 3.72. The Hall–Kier alpha value is -0.800. The molecule has 1 aliphatic heterocycles. The molecular formula is C16H28N2O. The first-order valence-electron chi connectivity index (χ1n) is 7.66. The van der Waals surface area contributed by atoms with Crippen molar-refractivity contribution in [3.63, 3.8) is 0 Å². The van der Waals surface area contributed by atoms with E-state index in [0.29, 0.717) is 18.1 Å². The maximum absolute atomic E-state index is 5.79. The maximum atomic E-state index is 5.79. The van der Waals surface area contributed by atoms with Gasteiger partial charge in [-0.15, -0.1) is 0 Å². The number of nitrogens with zero attached hydrogens (tertiary/aromatic N) is 1. The normalized spacial score (nSPS) is 27.8. The van der Waals surface area contributed by atoms with Crippen LogP contribution in [0.4, 0.5) is 0 Å². The fraction of sp³-hybridized carbons (Fsp3) is 0.750. The van der Waals surface area contributed by atoms with Gasteiger partial charge in [-0.25, -0.2) is 0 Å². The monoisotopic (exact) mass is 264 g/mol. The molecule has 1 aliphatic rings. The zero-order valence-electron chi connectivity index (χ0n) is 12.8. The third-order valence-electron chi connectivity index (χ3n) is 4.35. The molecule has 3 unspecified atom stereocenters. The third kappa shape index (κ3) is 3.83. The Morgan fingerprint density at radius 2 is 2.11 bits per heavy atom. The van der Waals surface area contributed by atoms with Gasteiger partial charge in [0, 0.05) is 25.2 Å². The van der Waals surface area contributed by atoms with Gasteiger partial charge in [0.2, 0.25) is 0 Å². The average Bonchev–Trinajstić information content (AvgIpc) is 2.80. The molecule has 0 aromatic carbocycles. The first-order valence-corrected chi connectivity index (χ1v) is 7.66. The summed E-state index contributed by atoms with van der Waals surface area (Å²) in [4.78, 5) is 2.57. The lowest BCUT2D eigenvalue weighted by Crippen LogP contribution is -2.44. The largest absolute Gasteiger partial charge is 0.465 e. The second kappa shape index (κ2) is 6.58. The van der Waals surface area contributed by atoms with Gasteiger partial charge in [0.15, 0.2) is 0 Å². The van der Waals surface area contributed by atoms with Gasteiger partial charge in [-0.05, 0) is 52.2 Å². The van der Waals surface area contributed by atoms with Crippen molar-refractivity contribution in [2.45, 2.75) is 65.1 Å². The van der Waals surface area contributed by atoms with Crippen LogP contribution >= 0.6 is 0 Å². The summed E-state index contributed by atoms with van der Waals surface area (Å²) in [6, 6.07) is 5.84. The van der Waals surface area contributed by atoms with E-state index in [0.717, 1.165) is 24.6 Å². The topological polar surface area (TPSA) is 28.4 Å². The molecule has 0 radical (unpaired) electrons. The second-order valence-electron chi connectivity index (χ2n) is 5.91. The van der Waals surface area contributed by atoms with E-state index in [-0.39, 0.29) is 0 Å².